The van der Waals surface area contributed by atoms with E-state index < -0.39 is 17.9 Å². The number of benzene rings is 2. The van der Waals surface area contributed by atoms with Gasteiger partial charge in [-0.25, -0.2) is 0 Å². The van der Waals surface area contributed by atoms with Gasteiger partial charge in [-0.05, 0) is 43.7 Å². The monoisotopic (exact) mass is 379 g/mol. The number of carbonyl (C=O) groups is 3. The van der Waals surface area contributed by atoms with Crippen LogP contribution in [0.3, 0.4) is 0 Å². The van der Waals surface area contributed by atoms with E-state index in [4.69, 9.17) is 4.42 Å². The average molecular weight is 379 g/mol. The van der Waals surface area contributed by atoms with Crippen molar-refractivity contribution in [1.82, 2.24) is 5.32 Å². The van der Waals surface area contributed by atoms with Crippen molar-refractivity contribution in [3.8, 4) is 0 Å². The van der Waals surface area contributed by atoms with Gasteiger partial charge in [0.1, 0.15) is 11.3 Å². The molecule has 0 radical (unpaired) electrons. The standard InChI is InChI=1S/C21H21N3O4/c1-12-16(23-14(3)25)8-6-9-17(12)24-21(27)20(26)22-13(2)19-11-15-7-4-5-10-18(15)28-19/h4-11,13H,1-3H3,(H,22,26)(H,23,25)(H,24,27). The van der Waals surface area contributed by atoms with Gasteiger partial charge >= 0.3 is 11.8 Å². The van der Waals surface area contributed by atoms with E-state index in [0.717, 1.165) is 5.39 Å². The van der Waals surface area contributed by atoms with E-state index in [2.05, 4.69) is 16.0 Å². The summed E-state index contributed by atoms with van der Waals surface area (Å²) in [4.78, 5) is 35.8. The van der Waals surface area contributed by atoms with Crippen molar-refractivity contribution in [2.24, 2.45) is 0 Å². The van der Waals surface area contributed by atoms with E-state index in [0.29, 0.717) is 28.3 Å². The number of rotatable bonds is 4. The van der Waals surface area contributed by atoms with E-state index in [1.54, 1.807) is 32.0 Å². The summed E-state index contributed by atoms with van der Waals surface area (Å²) in [5.41, 5.74) is 2.39. The third-order valence-corrected chi connectivity index (χ3v) is 4.32. The van der Waals surface area contributed by atoms with E-state index >= 15 is 0 Å². The Hall–Kier alpha value is -3.61. The molecule has 7 nitrogen and oxygen atoms in total. The lowest BCUT2D eigenvalue weighted by Crippen LogP contribution is -2.37. The molecule has 1 aromatic heterocycles. The summed E-state index contributed by atoms with van der Waals surface area (Å²) in [6, 6.07) is 13.9. The second-order valence-electron chi connectivity index (χ2n) is 6.50. The van der Waals surface area contributed by atoms with Crippen molar-refractivity contribution < 1.29 is 18.8 Å². The topological polar surface area (TPSA) is 100 Å². The second-order valence-corrected chi connectivity index (χ2v) is 6.50. The number of fused-ring (bicyclic) bond motifs is 1. The number of carbonyl (C=O) groups excluding carboxylic acids is 3. The number of anilines is 2. The molecule has 28 heavy (non-hydrogen) atoms. The molecule has 1 atom stereocenters. The van der Waals surface area contributed by atoms with E-state index in [1.807, 2.05) is 30.3 Å². The van der Waals surface area contributed by atoms with Crippen molar-refractivity contribution in [3.63, 3.8) is 0 Å². The molecule has 0 aliphatic heterocycles. The van der Waals surface area contributed by atoms with Crippen molar-refractivity contribution in [2.45, 2.75) is 26.8 Å². The number of para-hydroxylation sites is 1. The Morgan fingerprint density at radius 2 is 1.61 bits per heavy atom. The van der Waals surface area contributed by atoms with Crippen molar-refractivity contribution >= 4 is 40.1 Å². The molecular weight excluding hydrogens is 358 g/mol. The molecule has 144 valence electrons. The summed E-state index contributed by atoms with van der Waals surface area (Å²) in [5.74, 6) is -1.24. The van der Waals surface area contributed by atoms with Gasteiger partial charge in [0.05, 0.1) is 6.04 Å². The lowest BCUT2D eigenvalue weighted by Gasteiger charge is -2.14. The Kier molecular flexibility index (Phi) is 5.44. The van der Waals surface area contributed by atoms with Crippen molar-refractivity contribution in [2.75, 3.05) is 10.6 Å². The molecule has 1 unspecified atom stereocenters. The van der Waals surface area contributed by atoms with Crippen LogP contribution >= 0.6 is 0 Å². The maximum atomic E-state index is 12.3. The zero-order valence-electron chi connectivity index (χ0n) is 15.8. The number of nitrogens with one attached hydrogen (secondary N) is 3. The zero-order chi connectivity index (χ0) is 20.3. The molecule has 3 rings (SSSR count). The number of hydrogen-bond donors (Lipinski definition) is 3. The van der Waals surface area contributed by atoms with Crippen LogP contribution in [0.5, 0.6) is 0 Å². The van der Waals surface area contributed by atoms with Gasteiger partial charge in [-0.3, -0.25) is 14.4 Å². The largest absolute Gasteiger partial charge is 0.459 e. The first-order valence-electron chi connectivity index (χ1n) is 8.82. The molecule has 3 aromatic rings. The van der Waals surface area contributed by atoms with Crippen LogP contribution < -0.4 is 16.0 Å². The van der Waals surface area contributed by atoms with Crippen LogP contribution in [-0.2, 0) is 14.4 Å². The highest BCUT2D eigenvalue weighted by atomic mass is 16.3. The SMILES string of the molecule is CC(=O)Nc1cccc(NC(=O)C(=O)NC(C)c2cc3ccccc3o2)c1C. The van der Waals surface area contributed by atoms with Gasteiger partial charge in [0.25, 0.3) is 0 Å². The fourth-order valence-electron chi connectivity index (χ4n) is 2.82. The van der Waals surface area contributed by atoms with Gasteiger partial charge in [-0.2, -0.15) is 0 Å². The fraction of sp³-hybridized carbons (Fsp3) is 0.190. The first-order valence-corrected chi connectivity index (χ1v) is 8.82. The van der Waals surface area contributed by atoms with Gasteiger partial charge in [-0.15, -0.1) is 0 Å². The fourth-order valence-corrected chi connectivity index (χ4v) is 2.82. The smallest absolute Gasteiger partial charge is 0.313 e. The Labute approximate surface area is 162 Å². The second kappa shape index (κ2) is 7.96. The summed E-state index contributed by atoms with van der Waals surface area (Å²) in [6.45, 7) is 4.89. The molecule has 0 fully saturated rings. The summed E-state index contributed by atoms with van der Waals surface area (Å²) in [5, 5.41) is 8.81. The first-order chi connectivity index (χ1) is 13.3. The molecule has 0 bridgehead atoms. The summed E-state index contributed by atoms with van der Waals surface area (Å²) >= 11 is 0. The molecule has 1 heterocycles. The van der Waals surface area contributed by atoms with E-state index in [1.165, 1.54) is 6.92 Å². The minimum atomic E-state index is -0.800. The van der Waals surface area contributed by atoms with Gasteiger partial charge in [0.15, 0.2) is 0 Å². The van der Waals surface area contributed by atoms with E-state index in [-0.39, 0.29) is 5.91 Å². The molecular formula is C21H21N3O4. The van der Waals surface area contributed by atoms with Gasteiger partial charge in [0, 0.05) is 23.7 Å². The lowest BCUT2D eigenvalue weighted by atomic mass is 10.1. The number of amides is 3. The Morgan fingerprint density at radius 1 is 0.929 bits per heavy atom. The molecule has 0 aliphatic rings. The lowest BCUT2D eigenvalue weighted by molar-refractivity contribution is -0.136. The maximum Gasteiger partial charge on any atom is 0.313 e. The average Bonchev–Trinajstić information content (AvgIpc) is 3.09. The summed E-state index contributed by atoms with van der Waals surface area (Å²) < 4.78 is 5.71. The Morgan fingerprint density at radius 3 is 2.29 bits per heavy atom. The minimum absolute atomic E-state index is 0.219. The number of hydrogen-bond acceptors (Lipinski definition) is 4. The molecule has 0 saturated carbocycles. The van der Waals surface area contributed by atoms with Crippen LogP contribution in [0.4, 0.5) is 11.4 Å². The zero-order valence-corrected chi connectivity index (χ0v) is 15.8. The minimum Gasteiger partial charge on any atom is -0.459 e. The van der Waals surface area contributed by atoms with Crippen LogP contribution in [0, 0.1) is 6.92 Å². The van der Waals surface area contributed by atoms with Crippen molar-refractivity contribution in [1.29, 1.82) is 0 Å². The van der Waals surface area contributed by atoms with Gasteiger partial charge in [-0.1, -0.05) is 24.3 Å². The molecule has 7 heteroatoms. The first kappa shape index (κ1) is 19.2. The van der Waals surface area contributed by atoms with Gasteiger partial charge < -0.3 is 20.4 Å². The predicted octanol–water partition coefficient (Wildman–Crippen LogP) is 3.52. The summed E-state index contributed by atoms with van der Waals surface area (Å²) in [7, 11) is 0. The molecule has 0 spiro atoms. The predicted molar refractivity (Wildman–Crippen MR) is 107 cm³/mol. The third-order valence-electron chi connectivity index (χ3n) is 4.32. The molecule has 0 aliphatic carbocycles. The van der Waals surface area contributed by atoms with Crippen LogP contribution in [0.1, 0.15) is 31.2 Å². The van der Waals surface area contributed by atoms with Crippen LogP contribution in [0.2, 0.25) is 0 Å². The molecule has 2 aromatic carbocycles. The van der Waals surface area contributed by atoms with Crippen molar-refractivity contribution in [3.05, 3.63) is 59.9 Å². The highest BCUT2D eigenvalue weighted by Gasteiger charge is 2.20. The van der Waals surface area contributed by atoms with Crippen LogP contribution in [0.25, 0.3) is 11.0 Å². The maximum absolute atomic E-state index is 12.3. The Balaban J connectivity index is 1.67. The highest BCUT2D eigenvalue weighted by Crippen LogP contribution is 2.24. The van der Waals surface area contributed by atoms with Crippen LogP contribution in [0.15, 0.2) is 52.9 Å². The number of furan rings is 1. The van der Waals surface area contributed by atoms with Crippen LogP contribution in [-0.4, -0.2) is 17.7 Å². The van der Waals surface area contributed by atoms with E-state index in [9.17, 15) is 14.4 Å². The molecule has 3 N–H and O–H groups in total. The quantitative estimate of drug-likeness (QED) is 0.604. The molecule has 0 saturated heterocycles. The summed E-state index contributed by atoms with van der Waals surface area (Å²) in [6.07, 6.45) is 0. The molecule has 3 amide bonds. The Bertz CT molecular complexity index is 1020. The normalized spacial score (nSPS) is 11.7. The van der Waals surface area contributed by atoms with Gasteiger partial charge in [0.2, 0.25) is 5.91 Å². The third kappa shape index (κ3) is 4.20. The highest BCUT2D eigenvalue weighted by molar-refractivity contribution is 6.39.